The Labute approximate surface area is 87.1 Å². The summed E-state index contributed by atoms with van der Waals surface area (Å²) in [5, 5.41) is 14.8. The second kappa shape index (κ2) is 3.61. The summed E-state index contributed by atoms with van der Waals surface area (Å²) in [6.07, 6.45) is 0. The quantitative estimate of drug-likeness (QED) is 0.543. The molecule has 0 aliphatic heterocycles. The summed E-state index contributed by atoms with van der Waals surface area (Å²) < 4.78 is 4.94. The van der Waals surface area contributed by atoms with Crippen molar-refractivity contribution in [2.45, 2.75) is 0 Å². The summed E-state index contributed by atoms with van der Waals surface area (Å²) in [5.74, 6) is 0.455. The highest BCUT2D eigenvalue weighted by Gasteiger charge is 2.23. The van der Waals surface area contributed by atoms with E-state index in [4.69, 9.17) is 4.52 Å². The second-order valence-electron chi connectivity index (χ2n) is 3.36. The van der Waals surface area contributed by atoms with Gasteiger partial charge in [-0.25, -0.2) is 0 Å². The average molecular weight is 205 g/mol. The molecule has 0 aliphatic carbocycles. The number of aromatic nitrogens is 2. The molecule has 0 aliphatic rings. The number of benzene rings is 1. The molecule has 1 aromatic heterocycles. The average Bonchev–Trinajstić information content (AvgIpc) is 2.61. The zero-order valence-corrected chi connectivity index (χ0v) is 8.54. The highest BCUT2D eigenvalue weighted by molar-refractivity contribution is 5.67. The van der Waals surface area contributed by atoms with Crippen LogP contribution in [0, 0.1) is 5.21 Å². The first-order chi connectivity index (χ1) is 7.20. The zero-order chi connectivity index (χ0) is 10.8. The molecule has 0 saturated carbocycles. The lowest BCUT2D eigenvalue weighted by molar-refractivity contribution is -0.669. The fourth-order valence-corrected chi connectivity index (χ4v) is 1.37. The van der Waals surface area contributed by atoms with E-state index in [9.17, 15) is 5.21 Å². The van der Waals surface area contributed by atoms with Gasteiger partial charge in [0.1, 0.15) is 0 Å². The van der Waals surface area contributed by atoms with Crippen LogP contribution in [0.1, 0.15) is 0 Å². The third kappa shape index (κ3) is 1.63. The third-order valence-corrected chi connectivity index (χ3v) is 2.05. The molecule has 5 heteroatoms. The van der Waals surface area contributed by atoms with Gasteiger partial charge < -0.3 is 10.1 Å². The summed E-state index contributed by atoms with van der Waals surface area (Å²) in [6, 6.07) is 9.30. The monoisotopic (exact) mass is 205 g/mol. The Morgan fingerprint density at radius 3 is 2.53 bits per heavy atom. The highest BCUT2D eigenvalue weighted by Crippen LogP contribution is 2.25. The minimum absolute atomic E-state index is 0.431. The van der Waals surface area contributed by atoms with Crippen LogP contribution in [0.5, 0.6) is 0 Å². The van der Waals surface area contributed by atoms with Crippen LogP contribution in [-0.4, -0.2) is 19.4 Å². The number of hydrogen-bond acceptors (Lipinski definition) is 4. The van der Waals surface area contributed by atoms with Crippen molar-refractivity contribution in [1.82, 2.24) is 5.27 Å². The molecular formula is C10H11N3O2. The fourth-order valence-electron chi connectivity index (χ4n) is 1.37. The van der Waals surface area contributed by atoms with Crippen molar-refractivity contribution in [3.8, 4) is 11.3 Å². The van der Waals surface area contributed by atoms with Gasteiger partial charge in [-0.3, -0.25) is 4.52 Å². The van der Waals surface area contributed by atoms with Crippen molar-refractivity contribution in [3.05, 3.63) is 35.5 Å². The minimum atomic E-state index is 0.431. The minimum Gasteiger partial charge on any atom is -0.591 e. The number of rotatable bonds is 2. The Bertz CT molecular complexity index is 451. The SMILES string of the molecule is CN(C)c1on[n+]([O-])c1-c1ccccc1. The molecule has 0 fully saturated rings. The topological polar surface area (TPSA) is 56.2 Å². The van der Waals surface area contributed by atoms with Gasteiger partial charge in [-0.1, -0.05) is 18.2 Å². The molecule has 15 heavy (non-hydrogen) atoms. The molecule has 0 N–H and O–H groups in total. The van der Waals surface area contributed by atoms with Crippen LogP contribution in [0.4, 0.5) is 5.88 Å². The molecule has 0 saturated heterocycles. The van der Waals surface area contributed by atoms with Crippen LogP contribution < -0.4 is 9.75 Å². The molecular weight excluding hydrogens is 194 g/mol. The normalized spacial score (nSPS) is 10.3. The van der Waals surface area contributed by atoms with Gasteiger partial charge in [0.25, 0.3) is 0 Å². The van der Waals surface area contributed by atoms with Gasteiger partial charge in [-0.15, -0.1) is 0 Å². The summed E-state index contributed by atoms with van der Waals surface area (Å²) in [6.45, 7) is 0. The summed E-state index contributed by atoms with van der Waals surface area (Å²) in [4.78, 5) is 2.20. The largest absolute Gasteiger partial charge is 0.591 e. The van der Waals surface area contributed by atoms with Crippen LogP contribution in [0.25, 0.3) is 11.3 Å². The van der Waals surface area contributed by atoms with E-state index in [1.165, 1.54) is 0 Å². The number of anilines is 1. The zero-order valence-electron chi connectivity index (χ0n) is 8.54. The van der Waals surface area contributed by atoms with E-state index in [0.29, 0.717) is 16.4 Å². The third-order valence-electron chi connectivity index (χ3n) is 2.05. The maximum atomic E-state index is 11.4. The molecule has 1 aromatic carbocycles. The number of nitrogens with zero attached hydrogens (tertiary/aromatic N) is 3. The Morgan fingerprint density at radius 1 is 1.27 bits per heavy atom. The van der Waals surface area contributed by atoms with Gasteiger partial charge >= 0.3 is 11.6 Å². The van der Waals surface area contributed by atoms with Gasteiger partial charge in [0.05, 0.1) is 5.56 Å². The van der Waals surface area contributed by atoms with Crippen molar-refractivity contribution in [1.29, 1.82) is 0 Å². The smallest absolute Gasteiger partial charge is 0.318 e. The van der Waals surface area contributed by atoms with Crippen molar-refractivity contribution >= 4 is 5.88 Å². The maximum Gasteiger partial charge on any atom is 0.318 e. The lowest BCUT2D eigenvalue weighted by atomic mass is 10.1. The van der Waals surface area contributed by atoms with Gasteiger partial charge in [0.2, 0.25) is 5.27 Å². The second-order valence-corrected chi connectivity index (χ2v) is 3.36. The Balaban J connectivity index is 2.57. The molecule has 0 amide bonds. The first-order valence-corrected chi connectivity index (χ1v) is 4.52. The standard InChI is InChI=1S/C10H11N3O2/c1-12(2)10-9(13(14)11-15-10)8-6-4-3-5-7-8/h3-7H,1-2H3. The Morgan fingerprint density at radius 2 is 1.93 bits per heavy atom. The summed E-state index contributed by atoms with van der Waals surface area (Å²) >= 11 is 0. The van der Waals surface area contributed by atoms with Crippen LogP contribution >= 0.6 is 0 Å². The van der Waals surface area contributed by atoms with E-state index in [0.717, 1.165) is 5.56 Å². The van der Waals surface area contributed by atoms with Gasteiger partial charge in [0, 0.05) is 14.1 Å². The van der Waals surface area contributed by atoms with Crippen LogP contribution in [-0.2, 0) is 0 Å². The van der Waals surface area contributed by atoms with Gasteiger partial charge in [0.15, 0.2) is 0 Å². The number of hydrogen-bond donors (Lipinski definition) is 0. The summed E-state index contributed by atoms with van der Waals surface area (Å²) in [5.41, 5.74) is 1.22. The van der Waals surface area contributed by atoms with Crippen LogP contribution in [0.2, 0.25) is 0 Å². The van der Waals surface area contributed by atoms with Crippen LogP contribution in [0.15, 0.2) is 34.9 Å². The van der Waals surface area contributed by atoms with E-state index < -0.39 is 0 Å². The van der Waals surface area contributed by atoms with E-state index in [-0.39, 0.29) is 0 Å². The van der Waals surface area contributed by atoms with Gasteiger partial charge in [-0.05, 0) is 17.0 Å². The first kappa shape index (κ1) is 9.51. The van der Waals surface area contributed by atoms with Crippen molar-refractivity contribution in [2.75, 3.05) is 19.0 Å². The van der Waals surface area contributed by atoms with Crippen molar-refractivity contribution in [3.63, 3.8) is 0 Å². The molecule has 0 atom stereocenters. The predicted molar refractivity (Wildman–Crippen MR) is 55.2 cm³/mol. The molecule has 0 bridgehead atoms. The molecule has 2 rings (SSSR count). The molecule has 2 aromatic rings. The molecule has 1 heterocycles. The van der Waals surface area contributed by atoms with Crippen LogP contribution in [0.3, 0.4) is 0 Å². The predicted octanol–water partition coefficient (Wildman–Crippen LogP) is 1.04. The van der Waals surface area contributed by atoms with E-state index >= 15 is 0 Å². The lowest BCUT2D eigenvalue weighted by Crippen LogP contribution is -2.30. The van der Waals surface area contributed by atoms with E-state index in [2.05, 4.69) is 5.27 Å². The molecule has 0 spiro atoms. The Hall–Kier alpha value is -2.04. The molecule has 0 unspecified atom stereocenters. The molecule has 78 valence electrons. The highest BCUT2D eigenvalue weighted by atomic mass is 16.6. The first-order valence-electron chi connectivity index (χ1n) is 4.52. The van der Waals surface area contributed by atoms with E-state index in [1.54, 1.807) is 19.0 Å². The fraction of sp³-hybridized carbons (Fsp3) is 0.200. The van der Waals surface area contributed by atoms with Crippen molar-refractivity contribution in [2.24, 2.45) is 0 Å². The van der Waals surface area contributed by atoms with E-state index in [1.807, 2.05) is 30.3 Å². The summed E-state index contributed by atoms with van der Waals surface area (Å²) in [7, 11) is 3.60. The molecule has 0 radical (unpaired) electrons. The van der Waals surface area contributed by atoms with Gasteiger partial charge in [-0.2, -0.15) is 0 Å². The maximum absolute atomic E-state index is 11.4. The molecule has 5 nitrogen and oxygen atoms in total. The van der Waals surface area contributed by atoms with Crippen molar-refractivity contribution < 1.29 is 9.37 Å². The lowest BCUT2D eigenvalue weighted by Gasteiger charge is -2.05. The Kier molecular flexibility index (Phi) is 2.29.